The summed E-state index contributed by atoms with van der Waals surface area (Å²) in [5.74, 6) is 0.856. The van der Waals surface area contributed by atoms with E-state index in [1.165, 1.54) is 0 Å². The molecule has 7 heteroatoms. The highest BCUT2D eigenvalue weighted by atomic mass is 16.5. The number of ether oxygens (including phenoxy) is 1. The normalized spacial score (nSPS) is 19.6. The molecule has 0 bridgehead atoms. The molecule has 3 rings (SSSR count). The Labute approximate surface area is 123 Å². The molecule has 7 nitrogen and oxygen atoms in total. The van der Waals surface area contributed by atoms with Gasteiger partial charge in [0.2, 0.25) is 0 Å². The van der Waals surface area contributed by atoms with E-state index < -0.39 is 0 Å². The zero-order valence-electron chi connectivity index (χ0n) is 12.1. The number of morpholine rings is 1. The average Bonchev–Trinajstić information content (AvgIpc) is 3.01. The van der Waals surface area contributed by atoms with Gasteiger partial charge in [-0.05, 0) is 12.1 Å². The molecule has 0 N–H and O–H groups in total. The molecule has 0 amide bonds. The topological polar surface area (TPSA) is 67.5 Å². The lowest BCUT2D eigenvalue weighted by molar-refractivity contribution is -0.0270. The standard InChI is InChI=1S/C14H19N5O2/c1-18(14-3-2-5-15-16-14)10-13-11-19(6-8-20-13)9-12-4-7-21-17-12/h2-5,7,13H,6,8-11H2,1H3/t13-/m0/s1. The van der Waals surface area contributed by atoms with Crippen molar-refractivity contribution in [2.75, 3.05) is 38.2 Å². The van der Waals surface area contributed by atoms with Crippen LogP contribution in [0, 0.1) is 0 Å². The molecule has 1 aliphatic heterocycles. The molecule has 1 fully saturated rings. The van der Waals surface area contributed by atoms with E-state index in [1.54, 1.807) is 12.5 Å². The van der Waals surface area contributed by atoms with Gasteiger partial charge in [-0.25, -0.2) is 0 Å². The van der Waals surface area contributed by atoms with Gasteiger partial charge in [0.05, 0.1) is 18.4 Å². The fourth-order valence-electron chi connectivity index (χ4n) is 2.48. The predicted molar refractivity (Wildman–Crippen MR) is 76.8 cm³/mol. The number of aromatic nitrogens is 3. The van der Waals surface area contributed by atoms with Crippen molar-refractivity contribution in [3.63, 3.8) is 0 Å². The summed E-state index contributed by atoms with van der Waals surface area (Å²) in [6.07, 6.45) is 3.43. The summed E-state index contributed by atoms with van der Waals surface area (Å²) in [6, 6.07) is 5.73. The molecule has 0 aromatic carbocycles. The van der Waals surface area contributed by atoms with Crippen LogP contribution in [0.2, 0.25) is 0 Å². The van der Waals surface area contributed by atoms with Crippen LogP contribution >= 0.6 is 0 Å². The van der Waals surface area contributed by atoms with Crippen molar-refractivity contribution in [3.8, 4) is 0 Å². The molecule has 1 aliphatic rings. The summed E-state index contributed by atoms with van der Waals surface area (Å²) in [5, 5.41) is 12.0. The highest BCUT2D eigenvalue weighted by molar-refractivity contribution is 5.35. The van der Waals surface area contributed by atoms with E-state index >= 15 is 0 Å². The number of rotatable bonds is 5. The summed E-state index contributed by atoms with van der Waals surface area (Å²) >= 11 is 0. The van der Waals surface area contributed by atoms with E-state index in [0.29, 0.717) is 0 Å². The summed E-state index contributed by atoms with van der Waals surface area (Å²) < 4.78 is 10.7. The molecule has 1 atom stereocenters. The monoisotopic (exact) mass is 289 g/mol. The third-order valence-corrected chi connectivity index (χ3v) is 3.53. The van der Waals surface area contributed by atoms with Crippen LogP contribution in [-0.2, 0) is 11.3 Å². The number of hydrogen-bond acceptors (Lipinski definition) is 7. The van der Waals surface area contributed by atoms with Crippen LogP contribution in [0.3, 0.4) is 0 Å². The Morgan fingerprint density at radius 3 is 3.14 bits per heavy atom. The van der Waals surface area contributed by atoms with Gasteiger partial charge in [0.1, 0.15) is 6.26 Å². The highest BCUT2D eigenvalue weighted by Crippen LogP contribution is 2.13. The molecule has 112 valence electrons. The van der Waals surface area contributed by atoms with Crippen LogP contribution in [0.1, 0.15) is 5.69 Å². The van der Waals surface area contributed by atoms with Gasteiger partial charge in [0.25, 0.3) is 0 Å². The lowest BCUT2D eigenvalue weighted by Gasteiger charge is -2.34. The summed E-state index contributed by atoms with van der Waals surface area (Å²) in [6.45, 7) is 4.10. The van der Waals surface area contributed by atoms with Crippen LogP contribution in [0.5, 0.6) is 0 Å². The van der Waals surface area contributed by atoms with E-state index in [1.807, 2.05) is 25.2 Å². The molecule has 0 saturated carbocycles. The van der Waals surface area contributed by atoms with Gasteiger partial charge in [0, 0.05) is 45.5 Å². The second-order valence-corrected chi connectivity index (χ2v) is 5.18. The minimum Gasteiger partial charge on any atom is -0.374 e. The lowest BCUT2D eigenvalue weighted by Crippen LogP contribution is -2.46. The highest BCUT2D eigenvalue weighted by Gasteiger charge is 2.22. The Morgan fingerprint density at radius 2 is 2.38 bits per heavy atom. The van der Waals surface area contributed by atoms with Gasteiger partial charge >= 0.3 is 0 Å². The van der Waals surface area contributed by atoms with Crippen LogP contribution in [0.4, 0.5) is 5.82 Å². The Hall–Kier alpha value is -1.99. The minimum atomic E-state index is 0.151. The number of hydrogen-bond donors (Lipinski definition) is 0. The molecular weight excluding hydrogens is 270 g/mol. The Morgan fingerprint density at radius 1 is 1.43 bits per heavy atom. The molecule has 2 aromatic heterocycles. The van der Waals surface area contributed by atoms with Crippen molar-refractivity contribution in [1.82, 2.24) is 20.3 Å². The van der Waals surface area contributed by atoms with Crippen LogP contribution in [0.15, 0.2) is 35.2 Å². The van der Waals surface area contributed by atoms with Crippen molar-refractivity contribution in [1.29, 1.82) is 0 Å². The quantitative estimate of drug-likeness (QED) is 0.806. The van der Waals surface area contributed by atoms with Gasteiger partial charge in [-0.15, -0.1) is 5.10 Å². The number of nitrogens with zero attached hydrogens (tertiary/aromatic N) is 5. The maximum absolute atomic E-state index is 5.84. The van der Waals surface area contributed by atoms with Crippen molar-refractivity contribution in [2.24, 2.45) is 0 Å². The first-order valence-electron chi connectivity index (χ1n) is 7.03. The van der Waals surface area contributed by atoms with Crippen molar-refractivity contribution in [3.05, 3.63) is 36.4 Å². The Kier molecular flexibility index (Phi) is 4.42. The van der Waals surface area contributed by atoms with Gasteiger partial charge in [-0.2, -0.15) is 5.10 Å². The van der Waals surface area contributed by atoms with Gasteiger partial charge in [-0.3, -0.25) is 4.90 Å². The summed E-state index contributed by atoms with van der Waals surface area (Å²) in [5.41, 5.74) is 0.956. The molecule has 2 aromatic rings. The molecular formula is C14H19N5O2. The third-order valence-electron chi connectivity index (χ3n) is 3.53. The average molecular weight is 289 g/mol. The minimum absolute atomic E-state index is 0.151. The molecule has 3 heterocycles. The molecule has 0 spiro atoms. The van der Waals surface area contributed by atoms with Crippen molar-refractivity contribution < 1.29 is 9.26 Å². The Bertz CT molecular complexity index is 534. The van der Waals surface area contributed by atoms with Crippen molar-refractivity contribution >= 4 is 5.82 Å². The molecule has 0 aliphatic carbocycles. The van der Waals surface area contributed by atoms with E-state index in [-0.39, 0.29) is 6.10 Å². The van der Waals surface area contributed by atoms with Crippen LogP contribution < -0.4 is 4.90 Å². The first-order chi connectivity index (χ1) is 10.3. The number of likely N-dealkylation sites (N-methyl/N-ethyl adjacent to an activating group) is 1. The maximum Gasteiger partial charge on any atom is 0.151 e. The zero-order chi connectivity index (χ0) is 14.5. The Balaban J connectivity index is 1.54. The first kappa shape index (κ1) is 14.0. The second kappa shape index (κ2) is 6.64. The lowest BCUT2D eigenvalue weighted by atomic mass is 10.2. The third kappa shape index (κ3) is 3.77. The largest absolute Gasteiger partial charge is 0.374 e. The smallest absolute Gasteiger partial charge is 0.151 e. The van der Waals surface area contributed by atoms with Crippen LogP contribution in [0.25, 0.3) is 0 Å². The van der Waals surface area contributed by atoms with Gasteiger partial charge in [0.15, 0.2) is 5.82 Å². The molecule has 21 heavy (non-hydrogen) atoms. The SMILES string of the molecule is CN(C[C@H]1CN(Cc2ccon2)CCO1)c1cccnn1. The van der Waals surface area contributed by atoms with E-state index in [0.717, 1.165) is 44.3 Å². The zero-order valence-corrected chi connectivity index (χ0v) is 12.1. The van der Waals surface area contributed by atoms with Crippen LogP contribution in [-0.4, -0.2) is 59.6 Å². The predicted octanol–water partition coefficient (Wildman–Crippen LogP) is 0.802. The second-order valence-electron chi connectivity index (χ2n) is 5.18. The molecule has 0 unspecified atom stereocenters. The fourth-order valence-corrected chi connectivity index (χ4v) is 2.48. The van der Waals surface area contributed by atoms with E-state index in [2.05, 4.69) is 25.2 Å². The van der Waals surface area contributed by atoms with Crippen molar-refractivity contribution in [2.45, 2.75) is 12.6 Å². The van der Waals surface area contributed by atoms with E-state index in [9.17, 15) is 0 Å². The molecule has 0 radical (unpaired) electrons. The number of anilines is 1. The maximum atomic E-state index is 5.84. The molecule has 1 saturated heterocycles. The van der Waals surface area contributed by atoms with E-state index in [4.69, 9.17) is 9.26 Å². The fraction of sp³-hybridized carbons (Fsp3) is 0.500. The van der Waals surface area contributed by atoms with Gasteiger partial charge in [-0.1, -0.05) is 5.16 Å². The summed E-state index contributed by atoms with van der Waals surface area (Å²) in [7, 11) is 2.00. The van der Waals surface area contributed by atoms with Gasteiger partial charge < -0.3 is 14.2 Å². The summed E-state index contributed by atoms with van der Waals surface area (Å²) in [4.78, 5) is 4.40. The first-order valence-corrected chi connectivity index (χ1v) is 7.03.